The lowest BCUT2D eigenvalue weighted by Crippen LogP contribution is -2.43. The zero-order chi connectivity index (χ0) is 26.3. The third-order valence-electron chi connectivity index (χ3n) is 9.64. The molecular weight excluding hydrogens is 468 g/mol. The van der Waals surface area contributed by atoms with Gasteiger partial charge in [0.15, 0.2) is 0 Å². The van der Waals surface area contributed by atoms with Crippen LogP contribution in [0, 0.1) is 30.1 Å². The molecule has 2 heterocycles. The second-order valence-electron chi connectivity index (χ2n) is 12.1. The van der Waals surface area contributed by atoms with Gasteiger partial charge in [0, 0.05) is 31.1 Å². The van der Waals surface area contributed by atoms with Gasteiger partial charge in [0.1, 0.15) is 6.04 Å². The first-order chi connectivity index (χ1) is 18.6. The first-order valence-electron chi connectivity index (χ1n) is 14.9. The SMILES string of the molecule is C#Cc1ccccc1CCCC1CCN(CC2CN(C(CC3CCC3)C(=O)O)CC2c2ccccc2)CC1. The van der Waals surface area contributed by atoms with Crippen molar-refractivity contribution >= 4 is 5.97 Å². The Morgan fingerprint density at radius 2 is 1.71 bits per heavy atom. The molecule has 0 spiro atoms. The van der Waals surface area contributed by atoms with Crippen LogP contribution in [0.5, 0.6) is 0 Å². The zero-order valence-electron chi connectivity index (χ0n) is 22.8. The molecule has 0 radical (unpaired) electrons. The summed E-state index contributed by atoms with van der Waals surface area (Å²) in [6.07, 6.45) is 16.3. The number of piperidine rings is 1. The fraction of sp³-hybridized carbons (Fsp3) is 0.559. The zero-order valence-corrected chi connectivity index (χ0v) is 22.8. The van der Waals surface area contributed by atoms with Crippen molar-refractivity contribution in [2.75, 3.05) is 32.7 Å². The molecule has 202 valence electrons. The monoisotopic (exact) mass is 512 g/mol. The van der Waals surface area contributed by atoms with Gasteiger partial charge in [-0.05, 0) is 80.1 Å². The van der Waals surface area contributed by atoms with Crippen LogP contribution in [0.2, 0.25) is 0 Å². The van der Waals surface area contributed by atoms with E-state index in [9.17, 15) is 9.90 Å². The lowest BCUT2D eigenvalue weighted by Gasteiger charge is -2.35. The van der Waals surface area contributed by atoms with Crippen molar-refractivity contribution < 1.29 is 9.90 Å². The van der Waals surface area contributed by atoms with Crippen LogP contribution in [0.4, 0.5) is 0 Å². The Morgan fingerprint density at radius 3 is 2.39 bits per heavy atom. The number of carboxylic acids is 1. The van der Waals surface area contributed by atoms with E-state index in [1.54, 1.807) is 0 Å². The van der Waals surface area contributed by atoms with Gasteiger partial charge >= 0.3 is 5.97 Å². The highest BCUT2D eigenvalue weighted by molar-refractivity contribution is 5.73. The number of terminal acetylenes is 1. The maximum Gasteiger partial charge on any atom is 0.320 e. The fourth-order valence-corrected chi connectivity index (χ4v) is 7.12. The third-order valence-corrected chi connectivity index (χ3v) is 9.64. The van der Waals surface area contributed by atoms with Crippen LogP contribution in [0.1, 0.15) is 74.0 Å². The molecule has 0 amide bonds. The van der Waals surface area contributed by atoms with E-state index in [-0.39, 0.29) is 6.04 Å². The molecule has 1 N–H and O–H groups in total. The minimum Gasteiger partial charge on any atom is -0.480 e. The highest BCUT2D eigenvalue weighted by atomic mass is 16.4. The molecule has 0 bridgehead atoms. The summed E-state index contributed by atoms with van der Waals surface area (Å²) < 4.78 is 0. The predicted molar refractivity (Wildman–Crippen MR) is 154 cm³/mol. The van der Waals surface area contributed by atoms with Crippen molar-refractivity contribution in [3.05, 3.63) is 71.3 Å². The third kappa shape index (κ3) is 6.68. The van der Waals surface area contributed by atoms with Crippen molar-refractivity contribution in [1.82, 2.24) is 9.80 Å². The number of aryl methyl sites for hydroxylation is 1. The van der Waals surface area contributed by atoms with Gasteiger partial charge in [0.25, 0.3) is 0 Å². The second kappa shape index (κ2) is 13.0. The number of aliphatic carboxylic acids is 1. The Balaban J connectivity index is 1.15. The van der Waals surface area contributed by atoms with Gasteiger partial charge in [-0.2, -0.15) is 0 Å². The highest BCUT2D eigenvalue weighted by Crippen LogP contribution is 2.38. The molecule has 2 saturated heterocycles. The minimum absolute atomic E-state index is 0.332. The quantitative estimate of drug-likeness (QED) is 0.372. The Hall–Kier alpha value is -2.61. The number of carboxylic acid groups (broad SMARTS) is 1. The van der Waals surface area contributed by atoms with Crippen molar-refractivity contribution in [3.8, 4) is 12.3 Å². The lowest BCUT2D eigenvalue weighted by molar-refractivity contribution is -0.144. The Kier molecular flexibility index (Phi) is 9.20. The summed E-state index contributed by atoms with van der Waals surface area (Å²) in [7, 11) is 0. The van der Waals surface area contributed by atoms with Gasteiger partial charge in [-0.15, -0.1) is 6.42 Å². The molecule has 3 atom stereocenters. The topological polar surface area (TPSA) is 43.8 Å². The van der Waals surface area contributed by atoms with Gasteiger partial charge in [-0.3, -0.25) is 9.69 Å². The van der Waals surface area contributed by atoms with E-state index in [0.29, 0.717) is 17.8 Å². The molecule has 3 aliphatic rings. The Morgan fingerprint density at radius 1 is 0.974 bits per heavy atom. The molecular formula is C34H44N2O2. The van der Waals surface area contributed by atoms with Crippen LogP contribution in [0.3, 0.4) is 0 Å². The summed E-state index contributed by atoms with van der Waals surface area (Å²) in [5.41, 5.74) is 3.72. The van der Waals surface area contributed by atoms with E-state index < -0.39 is 5.97 Å². The number of nitrogens with zero attached hydrogens (tertiary/aromatic N) is 2. The van der Waals surface area contributed by atoms with E-state index >= 15 is 0 Å². The number of benzene rings is 2. The van der Waals surface area contributed by atoms with Crippen molar-refractivity contribution in [2.45, 2.75) is 69.7 Å². The smallest absolute Gasteiger partial charge is 0.320 e. The van der Waals surface area contributed by atoms with Gasteiger partial charge in [0.2, 0.25) is 0 Å². The van der Waals surface area contributed by atoms with Crippen molar-refractivity contribution in [2.24, 2.45) is 17.8 Å². The molecule has 5 rings (SSSR count). The molecule has 1 aliphatic carbocycles. The summed E-state index contributed by atoms with van der Waals surface area (Å²) >= 11 is 0. The van der Waals surface area contributed by atoms with Crippen LogP contribution in [0.15, 0.2) is 54.6 Å². The van der Waals surface area contributed by atoms with Crippen LogP contribution in [0.25, 0.3) is 0 Å². The highest BCUT2D eigenvalue weighted by Gasteiger charge is 2.41. The normalized spacial score (nSPS) is 24.1. The first-order valence-corrected chi connectivity index (χ1v) is 14.9. The molecule has 3 unspecified atom stereocenters. The predicted octanol–water partition coefficient (Wildman–Crippen LogP) is 6.06. The molecule has 2 aliphatic heterocycles. The number of hydrogen-bond donors (Lipinski definition) is 1. The van der Waals surface area contributed by atoms with Gasteiger partial charge < -0.3 is 10.0 Å². The molecule has 38 heavy (non-hydrogen) atoms. The van der Waals surface area contributed by atoms with Gasteiger partial charge in [-0.25, -0.2) is 0 Å². The fourth-order valence-electron chi connectivity index (χ4n) is 7.12. The Labute approximate surface area is 229 Å². The summed E-state index contributed by atoms with van der Waals surface area (Å²) in [5, 5.41) is 10.1. The molecule has 2 aromatic rings. The summed E-state index contributed by atoms with van der Waals surface area (Å²) in [4.78, 5) is 17.3. The summed E-state index contributed by atoms with van der Waals surface area (Å²) in [5.74, 6) is 4.49. The maximum atomic E-state index is 12.3. The van der Waals surface area contributed by atoms with E-state index in [1.165, 1.54) is 56.1 Å². The van der Waals surface area contributed by atoms with Gasteiger partial charge in [-0.1, -0.05) is 80.1 Å². The number of hydrogen-bond acceptors (Lipinski definition) is 3. The number of carbonyl (C=O) groups is 1. The van der Waals surface area contributed by atoms with Crippen LogP contribution in [-0.4, -0.2) is 59.6 Å². The summed E-state index contributed by atoms with van der Waals surface area (Å²) in [6.45, 7) is 5.17. The molecule has 4 nitrogen and oxygen atoms in total. The second-order valence-corrected chi connectivity index (χ2v) is 12.1. The van der Waals surface area contributed by atoms with E-state index in [1.807, 2.05) is 12.1 Å². The van der Waals surface area contributed by atoms with Crippen LogP contribution < -0.4 is 0 Å². The largest absolute Gasteiger partial charge is 0.480 e. The van der Waals surface area contributed by atoms with E-state index in [0.717, 1.165) is 57.0 Å². The molecule has 4 heteroatoms. The van der Waals surface area contributed by atoms with E-state index in [2.05, 4.69) is 58.2 Å². The Bertz CT molecular complexity index is 1080. The molecule has 1 saturated carbocycles. The van der Waals surface area contributed by atoms with Crippen molar-refractivity contribution in [3.63, 3.8) is 0 Å². The maximum absolute atomic E-state index is 12.3. The molecule has 0 aromatic heterocycles. The number of likely N-dealkylation sites (tertiary alicyclic amines) is 2. The summed E-state index contributed by atoms with van der Waals surface area (Å²) in [6, 6.07) is 18.8. The minimum atomic E-state index is -0.630. The van der Waals surface area contributed by atoms with E-state index in [4.69, 9.17) is 6.42 Å². The average Bonchev–Trinajstić information content (AvgIpc) is 3.32. The first kappa shape index (κ1) is 27.0. The van der Waals surface area contributed by atoms with Crippen LogP contribution >= 0.6 is 0 Å². The number of rotatable bonds is 11. The standard InChI is InChI=1S/C34H44N2O2/c1-2-28-13-6-7-14-29(28)17-9-10-26-18-20-35(21-19-26)23-31-24-36(25-32(31)30-15-4-3-5-16-30)33(34(37)38)22-27-11-8-12-27/h1,3-7,13-16,26-27,31-33H,8-12,17-25H2,(H,37,38). The van der Waals surface area contributed by atoms with Crippen LogP contribution in [-0.2, 0) is 11.2 Å². The lowest BCUT2D eigenvalue weighted by atomic mass is 9.80. The molecule has 3 fully saturated rings. The molecule has 2 aromatic carbocycles. The average molecular weight is 513 g/mol. The van der Waals surface area contributed by atoms with Crippen molar-refractivity contribution in [1.29, 1.82) is 0 Å². The van der Waals surface area contributed by atoms with Gasteiger partial charge in [0.05, 0.1) is 0 Å².